The van der Waals surface area contributed by atoms with Crippen LogP contribution in [0.5, 0.6) is 0 Å². The average molecular weight is 298 g/mol. The molecule has 2 unspecified atom stereocenters. The summed E-state index contributed by atoms with van der Waals surface area (Å²) in [4.78, 5) is 18.7. The summed E-state index contributed by atoms with van der Waals surface area (Å²) < 4.78 is 0. The Morgan fingerprint density at radius 3 is 2.48 bits per heavy atom. The molecule has 0 spiro atoms. The molecule has 0 radical (unpaired) electrons. The van der Waals surface area contributed by atoms with Gasteiger partial charge in [-0.05, 0) is 40.4 Å². The predicted molar refractivity (Wildman–Crippen MR) is 83.6 cm³/mol. The number of carboxylic acid groups (broad SMARTS) is 1. The quantitative estimate of drug-likeness (QED) is 0.706. The number of hydrogen-bond acceptors (Lipinski definition) is 5. The van der Waals surface area contributed by atoms with Gasteiger partial charge < -0.3 is 15.3 Å². The van der Waals surface area contributed by atoms with Crippen molar-refractivity contribution in [2.45, 2.75) is 30.8 Å². The molecule has 6 heteroatoms. The van der Waals surface area contributed by atoms with Gasteiger partial charge in [-0.1, -0.05) is 0 Å². The maximum Gasteiger partial charge on any atom is 0.323 e. The first-order chi connectivity index (χ1) is 9.97. The van der Waals surface area contributed by atoms with Crippen molar-refractivity contribution in [3.05, 3.63) is 0 Å². The summed E-state index contributed by atoms with van der Waals surface area (Å²) in [5.41, 5.74) is -0.702. The molecule has 0 bridgehead atoms. The van der Waals surface area contributed by atoms with Crippen molar-refractivity contribution in [2.75, 3.05) is 60.4 Å². The highest BCUT2D eigenvalue weighted by molar-refractivity contribution is 5.79. The highest BCUT2D eigenvalue weighted by Gasteiger charge is 2.46. The highest BCUT2D eigenvalue weighted by atomic mass is 16.4. The molecule has 1 saturated carbocycles. The van der Waals surface area contributed by atoms with Gasteiger partial charge in [-0.25, -0.2) is 0 Å². The maximum absolute atomic E-state index is 11.5. The average Bonchev–Trinajstić information content (AvgIpc) is 2.91. The van der Waals surface area contributed by atoms with Gasteiger partial charge in [-0.3, -0.25) is 14.6 Å². The van der Waals surface area contributed by atoms with Gasteiger partial charge in [0.1, 0.15) is 5.54 Å². The molecule has 21 heavy (non-hydrogen) atoms. The van der Waals surface area contributed by atoms with E-state index in [-0.39, 0.29) is 0 Å². The van der Waals surface area contributed by atoms with Gasteiger partial charge in [-0.15, -0.1) is 0 Å². The van der Waals surface area contributed by atoms with Crippen LogP contribution in [0.1, 0.15) is 19.3 Å². The van der Waals surface area contributed by atoms with Gasteiger partial charge >= 0.3 is 5.97 Å². The lowest BCUT2D eigenvalue weighted by molar-refractivity contribution is -0.144. The second-order valence-corrected chi connectivity index (χ2v) is 6.71. The minimum atomic E-state index is -0.702. The van der Waals surface area contributed by atoms with Gasteiger partial charge in [0.15, 0.2) is 0 Å². The number of rotatable bonds is 6. The first-order valence-corrected chi connectivity index (χ1v) is 8.00. The third-order valence-corrected chi connectivity index (χ3v) is 5.16. The van der Waals surface area contributed by atoms with Crippen LogP contribution in [0.25, 0.3) is 0 Å². The van der Waals surface area contributed by atoms with Crippen molar-refractivity contribution in [3.8, 4) is 0 Å². The number of carbonyl (C=O) groups is 1. The second kappa shape index (κ2) is 7.05. The van der Waals surface area contributed by atoms with E-state index in [1.54, 1.807) is 7.05 Å². The molecule has 2 N–H and O–H groups in total. The van der Waals surface area contributed by atoms with Crippen LogP contribution in [-0.4, -0.2) is 97.8 Å². The fourth-order valence-electron chi connectivity index (χ4n) is 3.55. The van der Waals surface area contributed by atoms with Crippen molar-refractivity contribution in [3.63, 3.8) is 0 Å². The Labute approximate surface area is 128 Å². The van der Waals surface area contributed by atoms with Gasteiger partial charge in [0.25, 0.3) is 0 Å². The van der Waals surface area contributed by atoms with Crippen LogP contribution >= 0.6 is 0 Å². The topological polar surface area (TPSA) is 59.1 Å². The van der Waals surface area contributed by atoms with Gasteiger partial charge in [0.2, 0.25) is 0 Å². The molecule has 0 aromatic heterocycles. The zero-order valence-electron chi connectivity index (χ0n) is 13.6. The fraction of sp³-hybridized carbons (Fsp3) is 0.933. The molecule has 1 aliphatic carbocycles. The molecule has 1 saturated heterocycles. The Kier molecular flexibility index (Phi) is 5.60. The maximum atomic E-state index is 11.5. The summed E-state index contributed by atoms with van der Waals surface area (Å²) in [5, 5.41) is 12.5. The fourth-order valence-corrected chi connectivity index (χ4v) is 3.55. The van der Waals surface area contributed by atoms with Crippen LogP contribution < -0.4 is 5.32 Å². The van der Waals surface area contributed by atoms with Gasteiger partial charge in [0, 0.05) is 45.3 Å². The lowest BCUT2D eigenvalue weighted by Crippen LogP contribution is -2.53. The SMILES string of the molecule is CNC1(C(=O)O)CCC(N2CCN(CCN(C)C)CC2)C1. The smallest absolute Gasteiger partial charge is 0.323 e. The van der Waals surface area contributed by atoms with Crippen molar-refractivity contribution < 1.29 is 9.90 Å². The third-order valence-electron chi connectivity index (χ3n) is 5.16. The molecule has 2 atom stereocenters. The van der Waals surface area contributed by atoms with Crippen molar-refractivity contribution in [2.24, 2.45) is 0 Å². The monoisotopic (exact) mass is 298 g/mol. The predicted octanol–water partition coefficient (Wildman–Crippen LogP) is -0.239. The van der Waals surface area contributed by atoms with Crippen LogP contribution in [-0.2, 0) is 4.79 Å². The largest absolute Gasteiger partial charge is 0.480 e. The van der Waals surface area contributed by atoms with E-state index < -0.39 is 11.5 Å². The molecular weight excluding hydrogens is 268 g/mol. The molecule has 6 nitrogen and oxygen atoms in total. The van der Waals surface area contributed by atoms with E-state index >= 15 is 0 Å². The van der Waals surface area contributed by atoms with Crippen molar-refractivity contribution >= 4 is 5.97 Å². The molecule has 0 aromatic rings. The van der Waals surface area contributed by atoms with Crippen molar-refractivity contribution in [1.29, 1.82) is 0 Å². The zero-order chi connectivity index (χ0) is 15.5. The minimum absolute atomic E-state index is 0.421. The normalized spacial score (nSPS) is 31.9. The summed E-state index contributed by atoms with van der Waals surface area (Å²) in [6.07, 6.45) is 2.46. The summed E-state index contributed by atoms with van der Waals surface area (Å²) in [7, 11) is 5.99. The highest BCUT2D eigenvalue weighted by Crippen LogP contribution is 2.33. The van der Waals surface area contributed by atoms with E-state index in [2.05, 4.69) is 34.1 Å². The number of aliphatic carboxylic acids is 1. The van der Waals surface area contributed by atoms with E-state index in [4.69, 9.17) is 0 Å². The lowest BCUT2D eigenvalue weighted by Gasteiger charge is -2.38. The lowest BCUT2D eigenvalue weighted by atomic mass is 9.97. The van der Waals surface area contributed by atoms with Crippen LogP contribution in [0.3, 0.4) is 0 Å². The molecule has 1 aliphatic heterocycles. The number of hydrogen-bond donors (Lipinski definition) is 2. The first kappa shape index (κ1) is 16.7. The van der Waals surface area contributed by atoms with Crippen LogP contribution in [0.15, 0.2) is 0 Å². The Balaban J connectivity index is 1.80. The molecule has 122 valence electrons. The Hall–Kier alpha value is -0.690. The van der Waals surface area contributed by atoms with Crippen LogP contribution in [0, 0.1) is 0 Å². The minimum Gasteiger partial charge on any atom is -0.480 e. The zero-order valence-corrected chi connectivity index (χ0v) is 13.6. The third kappa shape index (κ3) is 3.94. The number of nitrogens with one attached hydrogen (secondary N) is 1. The van der Waals surface area contributed by atoms with Gasteiger partial charge in [-0.2, -0.15) is 0 Å². The molecule has 2 rings (SSSR count). The van der Waals surface area contributed by atoms with Crippen LogP contribution in [0.4, 0.5) is 0 Å². The molecule has 0 amide bonds. The number of piperazine rings is 1. The van der Waals surface area contributed by atoms with Crippen molar-refractivity contribution in [1.82, 2.24) is 20.0 Å². The summed E-state index contributed by atoms with van der Waals surface area (Å²) in [6.45, 7) is 6.56. The number of nitrogens with zero attached hydrogens (tertiary/aromatic N) is 3. The first-order valence-electron chi connectivity index (χ1n) is 8.00. The Morgan fingerprint density at radius 2 is 2.00 bits per heavy atom. The molecule has 2 aliphatic rings. The molecule has 1 heterocycles. The Morgan fingerprint density at radius 1 is 1.33 bits per heavy atom. The summed E-state index contributed by atoms with van der Waals surface area (Å²) in [5.74, 6) is -0.697. The molecule has 2 fully saturated rings. The van der Waals surface area contributed by atoms with E-state index in [1.165, 1.54) is 0 Å². The van der Waals surface area contributed by atoms with Gasteiger partial charge in [0.05, 0.1) is 0 Å². The standard InChI is InChI=1S/C15H30N4O2/c1-16-15(14(20)21)5-4-13(12-15)19-10-8-18(9-11-19)7-6-17(2)3/h13,16H,4-12H2,1-3H3,(H,20,21). The molecular formula is C15H30N4O2. The summed E-state index contributed by atoms with van der Waals surface area (Å²) in [6, 6.07) is 0.421. The number of likely N-dealkylation sites (N-methyl/N-ethyl adjacent to an activating group) is 2. The Bertz CT molecular complexity index is 356. The second-order valence-electron chi connectivity index (χ2n) is 6.71. The van der Waals surface area contributed by atoms with Crippen LogP contribution in [0.2, 0.25) is 0 Å². The molecule has 0 aromatic carbocycles. The number of carboxylic acids is 1. The van der Waals surface area contributed by atoms with E-state index in [9.17, 15) is 9.90 Å². The van der Waals surface area contributed by atoms with E-state index in [0.29, 0.717) is 6.04 Å². The van der Waals surface area contributed by atoms with E-state index in [1.807, 2.05) is 0 Å². The van der Waals surface area contributed by atoms with E-state index in [0.717, 1.165) is 58.5 Å². The summed E-state index contributed by atoms with van der Waals surface area (Å²) >= 11 is 0.